The zero-order chi connectivity index (χ0) is 17.7. The van der Waals surface area contributed by atoms with Crippen molar-refractivity contribution in [3.8, 4) is 0 Å². The molecule has 3 N–H and O–H groups in total. The van der Waals surface area contributed by atoms with Gasteiger partial charge in [0.2, 0.25) is 0 Å². The van der Waals surface area contributed by atoms with Crippen LogP contribution in [0.25, 0.3) is 0 Å². The van der Waals surface area contributed by atoms with Gasteiger partial charge in [0, 0.05) is 19.0 Å². The van der Waals surface area contributed by atoms with Crippen LogP contribution in [-0.2, 0) is 16.8 Å². The second kappa shape index (κ2) is 9.05. The minimum atomic E-state index is -0.402. The number of aromatic nitrogens is 1. The third-order valence-electron chi connectivity index (χ3n) is 5.15. The van der Waals surface area contributed by atoms with Crippen molar-refractivity contribution in [2.24, 2.45) is 5.92 Å². The Balaban J connectivity index is 0.00000243. The molecule has 142 valence electrons. The molecule has 1 aliphatic rings. The van der Waals surface area contributed by atoms with E-state index in [9.17, 15) is 4.79 Å². The number of piperidine rings is 1. The van der Waals surface area contributed by atoms with E-state index in [0.717, 1.165) is 36.5 Å². The SMILES string of the molecule is Cc1cc(C2(CNC(=O)OCc3ccccc3)C[NH2+]CCC2C)no1.[Cl-]. The first-order valence-corrected chi connectivity index (χ1v) is 8.80. The summed E-state index contributed by atoms with van der Waals surface area (Å²) < 4.78 is 10.6. The molecule has 0 bridgehead atoms. The minimum absolute atomic E-state index is 0. The van der Waals surface area contributed by atoms with E-state index in [0.29, 0.717) is 12.5 Å². The smallest absolute Gasteiger partial charge is 0.407 e. The predicted octanol–water partition coefficient (Wildman–Crippen LogP) is -1.25. The number of quaternary nitrogens is 1. The third kappa shape index (κ3) is 4.56. The Kier molecular flexibility index (Phi) is 7.06. The fourth-order valence-electron chi connectivity index (χ4n) is 3.50. The van der Waals surface area contributed by atoms with E-state index in [1.54, 1.807) is 0 Å². The first-order valence-electron chi connectivity index (χ1n) is 8.80. The molecule has 0 radical (unpaired) electrons. The lowest BCUT2D eigenvalue weighted by Crippen LogP contribution is -3.00. The number of carbonyl (C=O) groups is 1. The predicted molar refractivity (Wildman–Crippen MR) is 93.0 cm³/mol. The molecule has 1 aromatic heterocycles. The van der Waals surface area contributed by atoms with Gasteiger partial charge in [0.25, 0.3) is 0 Å². The number of nitrogens with two attached hydrogens (primary N) is 1. The second-order valence-electron chi connectivity index (χ2n) is 6.87. The summed E-state index contributed by atoms with van der Waals surface area (Å²) in [6.07, 6.45) is 0.674. The van der Waals surface area contributed by atoms with Gasteiger partial charge in [-0.05, 0) is 18.4 Å². The van der Waals surface area contributed by atoms with Crippen molar-refractivity contribution in [2.45, 2.75) is 32.3 Å². The number of rotatable bonds is 5. The van der Waals surface area contributed by atoms with Crippen LogP contribution in [0.3, 0.4) is 0 Å². The Morgan fingerprint density at radius 3 is 2.85 bits per heavy atom. The van der Waals surface area contributed by atoms with Crippen molar-refractivity contribution >= 4 is 6.09 Å². The van der Waals surface area contributed by atoms with Gasteiger partial charge in [-0.2, -0.15) is 0 Å². The van der Waals surface area contributed by atoms with Gasteiger partial charge < -0.3 is 32.3 Å². The van der Waals surface area contributed by atoms with Gasteiger partial charge in [0.15, 0.2) is 0 Å². The van der Waals surface area contributed by atoms with Gasteiger partial charge in [-0.15, -0.1) is 0 Å². The Morgan fingerprint density at radius 1 is 1.42 bits per heavy atom. The maximum Gasteiger partial charge on any atom is 0.407 e. The standard InChI is InChI=1S/C19H25N3O3.ClH/c1-14-8-9-20-12-19(14,17-10-15(2)25-22-17)13-21-18(23)24-11-16-6-4-3-5-7-16;/h3-7,10,14,20H,8-9,11-13H2,1-2H3,(H,21,23);1H. The van der Waals surface area contributed by atoms with Crippen LogP contribution in [0.5, 0.6) is 0 Å². The fourth-order valence-corrected chi connectivity index (χ4v) is 3.50. The molecule has 6 nitrogen and oxygen atoms in total. The van der Waals surface area contributed by atoms with Crippen LogP contribution >= 0.6 is 0 Å². The zero-order valence-corrected chi connectivity index (χ0v) is 16.0. The second-order valence-corrected chi connectivity index (χ2v) is 6.87. The van der Waals surface area contributed by atoms with Gasteiger partial charge in [0.05, 0.1) is 24.2 Å². The van der Waals surface area contributed by atoms with E-state index in [1.165, 1.54) is 0 Å². The summed E-state index contributed by atoms with van der Waals surface area (Å²) in [7, 11) is 0. The summed E-state index contributed by atoms with van der Waals surface area (Å²) in [6, 6.07) is 11.6. The summed E-state index contributed by atoms with van der Waals surface area (Å²) >= 11 is 0. The number of amides is 1. The fraction of sp³-hybridized carbons (Fsp3) is 0.474. The van der Waals surface area contributed by atoms with E-state index in [4.69, 9.17) is 9.26 Å². The lowest BCUT2D eigenvalue weighted by atomic mass is 9.70. The topological polar surface area (TPSA) is 81.0 Å². The monoisotopic (exact) mass is 379 g/mol. The average Bonchev–Trinajstić information content (AvgIpc) is 3.07. The number of nitrogens with zero attached hydrogens (tertiary/aromatic N) is 1. The summed E-state index contributed by atoms with van der Waals surface area (Å²) in [6.45, 7) is 6.84. The number of hydrogen-bond acceptors (Lipinski definition) is 4. The Morgan fingerprint density at radius 2 is 2.19 bits per heavy atom. The number of carbonyl (C=O) groups excluding carboxylic acids is 1. The molecule has 0 aliphatic carbocycles. The molecule has 1 aromatic carbocycles. The summed E-state index contributed by atoms with van der Waals surface area (Å²) in [5.41, 5.74) is 1.65. The van der Waals surface area contributed by atoms with Crippen LogP contribution in [0.2, 0.25) is 0 Å². The number of halogens is 1. The van der Waals surface area contributed by atoms with Crippen molar-refractivity contribution in [1.82, 2.24) is 10.5 Å². The Bertz CT molecular complexity index is 707. The lowest BCUT2D eigenvalue weighted by Gasteiger charge is -2.39. The van der Waals surface area contributed by atoms with Crippen LogP contribution in [-0.4, -0.2) is 30.9 Å². The molecular formula is C19H26ClN3O3. The summed E-state index contributed by atoms with van der Waals surface area (Å²) in [4.78, 5) is 12.2. The van der Waals surface area contributed by atoms with Gasteiger partial charge in [-0.25, -0.2) is 4.79 Å². The normalized spacial score (nSPS) is 22.3. The molecule has 3 rings (SSSR count). The molecule has 2 heterocycles. The van der Waals surface area contributed by atoms with E-state index in [2.05, 4.69) is 22.7 Å². The number of nitrogens with one attached hydrogen (secondary N) is 1. The minimum Gasteiger partial charge on any atom is -1.00 e. The average molecular weight is 380 g/mol. The van der Waals surface area contributed by atoms with Gasteiger partial charge in [-0.1, -0.05) is 42.4 Å². The van der Waals surface area contributed by atoms with E-state index >= 15 is 0 Å². The Labute approximate surface area is 160 Å². The van der Waals surface area contributed by atoms with Crippen molar-refractivity contribution in [1.29, 1.82) is 0 Å². The molecule has 1 fully saturated rings. The molecule has 2 aromatic rings. The molecular weight excluding hydrogens is 354 g/mol. The molecule has 0 saturated carbocycles. The molecule has 1 aliphatic heterocycles. The van der Waals surface area contributed by atoms with Crippen LogP contribution in [0.4, 0.5) is 4.79 Å². The zero-order valence-electron chi connectivity index (χ0n) is 15.2. The maximum absolute atomic E-state index is 12.2. The van der Waals surface area contributed by atoms with Crippen LogP contribution < -0.4 is 23.0 Å². The number of alkyl carbamates (subject to hydrolysis) is 1. The van der Waals surface area contributed by atoms with Crippen LogP contribution in [0, 0.1) is 12.8 Å². The highest BCUT2D eigenvalue weighted by atomic mass is 35.5. The molecule has 1 saturated heterocycles. The summed E-state index contributed by atoms with van der Waals surface area (Å²) in [5.74, 6) is 1.19. The van der Waals surface area contributed by atoms with Crippen LogP contribution in [0.1, 0.15) is 30.4 Å². The molecule has 7 heteroatoms. The molecule has 1 amide bonds. The van der Waals surface area contributed by atoms with Gasteiger partial charge >= 0.3 is 6.09 Å². The maximum atomic E-state index is 12.2. The van der Waals surface area contributed by atoms with Crippen molar-refractivity contribution in [3.05, 3.63) is 53.4 Å². The van der Waals surface area contributed by atoms with Crippen molar-refractivity contribution in [2.75, 3.05) is 19.6 Å². The van der Waals surface area contributed by atoms with E-state index in [1.807, 2.05) is 43.3 Å². The van der Waals surface area contributed by atoms with Crippen molar-refractivity contribution in [3.63, 3.8) is 0 Å². The molecule has 0 spiro atoms. The number of ether oxygens (including phenoxy) is 1. The number of aryl methyl sites for hydroxylation is 1. The van der Waals surface area contributed by atoms with Crippen molar-refractivity contribution < 1.29 is 31.8 Å². The highest BCUT2D eigenvalue weighted by Gasteiger charge is 2.45. The lowest BCUT2D eigenvalue weighted by molar-refractivity contribution is -0.674. The summed E-state index contributed by atoms with van der Waals surface area (Å²) in [5, 5.41) is 9.46. The van der Waals surface area contributed by atoms with Gasteiger partial charge in [-0.3, -0.25) is 0 Å². The van der Waals surface area contributed by atoms with Gasteiger partial charge in [0.1, 0.15) is 12.4 Å². The van der Waals surface area contributed by atoms with Crippen LogP contribution in [0.15, 0.2) is 40.9 Å². The quantitative estimate of drug-likeness (QED) is 0.680. The highest BCUT2D eigenvalue weighted by molar-refractivity contribution is 5.67. The highest BCUT2D eigenvalue weighted by Crippen LogP contribution is 2.33. The molecule has 26 heavy (non-hydrogen) atoms. The molecule has 2 atom stereocenters. The largest absolute Gasteiger partial charge is 1.00 e. The third-order valence-corrected chi connectivity index (χ3v) is 5.15. The first kappa shape index (κ1) is 20.3. The molecule has 2 unspecified atom stereocenters. The first-order chi connectivity index (χ1) is 12.1. The van der Waals surface area contributed by atoms with E-state index < -0.39 is 6.09 Å². The van der Waals surface area contributed by atoms with E-state index in [-0.39, 0.29) is 24.4 Å². The Hall–Kier alpha value is -2.05. The number of benzene rings is 1. The number of hydrogen-bond donors (Lipinski definition) is 2.